The molecule has 2 saturated carbocycles. The van der Waals surface area contributed by atoms with Crippen LogP contribution >= 0.6 is 0 Å². The first kappa shape index (κ1) is 14.3. The van der Waals surface area contributed by atoms with E-state index in [0.29, 0.717) is 12.1 Å². The molecule has 0 aromatic rings. The molecule has 106 valence electrons. The fourth-order valence-corrected chi connectivity index (χ4v) is 3.19. The van der Waals surface area contributed by atoms with Crippen LogP contribution in [0.15, 0.2) is 0 Å². The Morgan fingerprint density at radius 3 is 2.72 bits per heavy atom. The van der Waals surface area contributed by atoms with Gasteiger partial charge >= 0.3 is 0 Å². The number of ether oxygens (including phenoxy) is 1. The average molecular weight is 255 g/mol. The zero-order valence-corrected chi connectivity index (χ0v) is 12.0. The lowest BCUT2D eigenvalue weighted by atomic mass is 9.80. The van der Waals surface area contributed by atoms with Gasteiger partial charge in [-0.05, 0) is 38.0 Å². The number of aliphatic hydroxyl groups is 1. The summed E-state index contributed by atoms with van der Waals surface area (Å²) in [7, 11) is 0. The maximum Gasteiger partial charge on any atom is 0.0614 e. The molecule has 0 amide bonds. The molecule has 0 radical (unpaired) electrons. The number of aliphatic hydroxyl groups excluding tert-OH is 1. The van der Waals surface area contributed by atoms with Crippen LogP contribution in [0.4, 0.5) is 0 Å². The van der Waals surface area contributed by atoms with Crippen LogP contribution in [0.3, 0.4) is 0 Å². The average Bonchev–Trinajstić information content (AvgIpc) is 3.13. The van der Waals surface area contributed by atoms with Crippen molar-refractivity contribution in [2.75, 3.05) is 13.2 Å². The number of hydrogen-bond donors (Lipinski definition) is 2. The smallest absolute Gasteiger partial charge is 0.0614 e. The molecule has 0 aromatic carbocycles. The van der Waals surface area contributed by atoms with Gasteiger partial charge < -0.3 is 15.2 Å². The third kappa shape index (κ3) is 4.22. The molecule has 2 fully saturated rings. The van der Waals surface area contributed by atoms with Crippen molar-refractivity contribution in [2.45, 2.75) is 76.5 Å². The van der Waals surface area contributed by atoms with E-state index in [1.165, 1.54) is 19.3 Å². The first-order chi connectivity index (χ1) is 8.63. The van der Waals surface area contributed by atoms with Gasteiger partial charge in [-0.1, -0.05) is 26.7 Å². The van der Waals surface area contributed by atoms with E-state index < -0.39 is 0 Å². The summed E-state index contributed by atoms with van der Waals surface area (Å²) < 4.78 is 6.02. The van der Waals surface area contributed by atoms with Gasteiger partial charge in [-0.25, -0.2) is 0 Å². The largest absolute Gasteiger partial charge is 0.394 e. The number of hydrogen-bond acceptors (Lipinski definition) is 3. The minimum absolute atomic E-state index is 0.101. The summed E-state index contributed by atoms with van der Waals surface area (Å²) in [6.07, 6.45) is 8.75. The van der Waals surface area contributed by atoms with Crippen LogP contribution < -0.4 is 5.32 Å². The summed E-state index contributed by atoms with van der Waals surface area (Å²) >= 11 is 0. The maximum atomic E-state index is 9.71. The highest BCUT2D eigenvalue weighted by Gasteiger charge is 2.36. The maximum absolute atomic E-state index is 9.71. The lowest BCUT2D eigenvalue weighted by Crippen LogP contribution is -2.55. The fourth-order valence-electron chi connectivity index (χ4n) is 3.19. The van der Waals surface area contributed by atoms with E-state index >= 15 is 0 Å². The van der Waals surface area contributed by atoms with Crippen molar-refractivity contribution in [2.24, 2.45) is 5.92 Å². The Bertz CT molecular complexity index is 253. The Labute approximate surface area is 111 Å². The molecule has 2 atom stereocenters. The van der Waals surface area contributed by atoms with Gasteiger partial charge in [0.25, 0.3) is 0 Å². The van der Waals surface area contributed by atoms with Crippen LogP contribution in [0, 0.1) is 5.92 Å². The summed E-state index contributed by atoms with van der Waals surface area (Å²) in [5.41, 5.74) is -0.101. The van der Waals surface area contributed by atoms with E-state index in [1.54, 1.807) is 0 Å². The van der Waals surface area contributed by atoms with Gasteiger partial charge in [-0.3, -0.25) is 0 Å². The van der Waals surface area contributed by atoms with Gasteiger partial charge in [-0.15, -0.1) is 0 Å². The minimum Gasteiger partial charge on any atom is -0.394 e. The molecule has 2 aliphatic carbocycles. The summed E-state index contributed by atoms with van der Waals surface area (Å²) in [6.45, 7) is 5.44. The highest BCUT2D eigenvalue weighted by atomic mass is 16.5. The molecule has 0 bridgehead atoms. The molecule has 2 N–H and O–H groups in total. The zero-order chi connectivity index (χ0) is 13.0. The summed E-state index contributed by atoms with van der Waals surface area (Å²) in [5, 5.41) is 13.3. The second-order valence-electron chi connectivity index (χ2n) is 6.56. The molecule has 18 heavy (non-hydrogen) atoms. The summed E-state index contributed by atoms with van der Waals surface area (Å²) in [4.78, 5) is 0. The third-order valence-corrected chi connectivity index (χ3v) is 4.27. The van der Waals surface area contributed by atoms with Gasteiger partial charge in [-0.2, -0.15) is 0 Å². The number of nitrogens with one attached hydrogen (secondary N) is 1. The first-order valence-electron chi connectivity index (χ1n) is 7.64. The first-order valence-corrected chi connectivity index (χ1v) is 7.64. The Morgan fingerprint density at radius 2 is 2.11 bits per heavy atom. The normalized spacial score (nSPS) is 33.0. The lowest BCUT2D eigenvalue weighted by Gasteiger charge is -2.41. The highest BCUT2D eigenvalue weighted by Crippen LogP contribution is 2.34. The summed E-state index contributed by atoms with van der Waals surface area (Å²) in [6, 6.07) is 0.419. The van der Waals surface area contributed by atoms with Crippen LogP contribution in [0.2, 0.25) is 0 Å². The molecule has 2 rings (SSSR count). The van der Waals surface area contributed by atoms with E-state index in [4.69, 9.17) is 4.74 Å². The van der Waals surface area contributed by atoms with Crippen LogP contribution in [0.1, 0.15) is 58.8 Å². The molecule has 0 heterocycles. The van der Waals surface area contributed by atoms with Crippen molar-refractivity contribution in [3.8, 4) is 0 Å². The summed E-state index contributed by atoms with van der Waals surface area (Å²) in [5.74, 6) is 0.949. The molecular weight excluding hydrogens is 226 g/mol. The van der Waals surface area contributed by atoms with Gasteiger partial charge in [0.15, 0.2) is 0 Å². The Morgan fingerprint density at radius 1 is 1.33 bits per heavy atom. The van der Waals surface area contributed by atoms with Crippen LogP contribution in [0.25, 0.3) is 0 Å². The van der Waals surface area contributed by atoms with Crippen molar-refractivity contribution in [3.63, 3.8) is 0 Å². The fraction of sp³-hybridized carbons (Fsp3) is 1.00. The van der Waals surface area contributed by atoms with Crippen molar-refractivity contribution in [3.05, 3.63) is 0 Å². The van der Waals surface area contributed by atoms with Crippen molar-refractivity contribution in [1.29, 1.82) is 0 Å². The van der Waals surface area contributed by atoms with Crippen LogP contribution in [-0.4, -0.2) is 36.0 Å². The zero-order valence-electron chi connectivity index (χ0n) is 12.0. The van der Waals surface area contributed by atoms with Gasteiger partial charge in [0.1, 0.15) is 0 Å². The second-order valence-corrected chi connectivity index (χ2v) is 6.56. The molecule has 0 spiro atoms. The highest BCUT2D eigenvalue weighted by molar-refractivity contribution is 4.94. The van der Waals surface area contributed by atoms with Gasteiger partial charge in [0, 0.05) is 18.2 Å². The Kier molecular flexibility index (Phi) is 5.05. The molecule has 2 aliphatic rings. The molecule has 3 nitrogen and oxygen atoms in total. The minimum atomic E-state index is -0.101. The Balaban J connectivity index is 1.77. The van der Waals surface area contributed by atoms with E-state index in [2.05, 4.69) is 19.2 Å². The van der Waals surface area contributed by atoms with Crippen LogP contribution in [-0.2, 0) is 4.74 Å². The molecule has 3 heteroatoms. The quantitative estimate of drug-likeness (QED) is 0.734. The monoisotopic (exact) mass is 255 g/mol. The van der Waals surface area contributed by atoms with Gasteiger partial charge in [0.05, 0.1) is 12.7 Å². The Hall–Kier alpha value is -0.120. The topological polar surface area (TPSA) is 41.5 Å². The van der Waals surface area contributed by atoms with Crippen LogP contribution in [0.5, 0.6) is 0 Å². The van der Waals surface area contributed by atoms with E-state index in [9.17, 15) is 5.11 Å². The molecule has 0 saturated heterocycles. The predicted octanol–water partition coefficient (Wildman–Crippen LogP) is 2.47. The SMILES string of the molecule is CC(C)NC1(CO)CCCC(OCCC2CC2)C1. The van der Waals surface area contributed by atoms with E-state index in [0.717, 1.165) is 38.2 Å². The molecule has 0 aliphatic heterocycles. The van der Waals surface area contributed by atoms with Gasteiger partial charge in [0.2, 0.25) is 0 Å². The standard InChI is InChI=1S/C15H29NO2/c1-12(2)16-15(11-17)8-3-4-14(10-15)18-9-7-13-5-6-13/h12-14,16-17H,3-11H2,1-2H3. The third-order valence-electron chi connectivity index (χ3n) is 4.27. The molecular formula is C15H29NO2. The van der Waals surface area contributed by atoms with Crippen molar-refractivity contribution >= 4 is 0 Å². The lowest BCUT2D eigenvalue weighted by molar-refractivity contribution is -0.0198. The van der Waals surface area contributed by atoms with Crippen molar-refractivity contribution in [1.82, 2.24) is 5.32 Å². The second kappa shape index (κ2) is 6.36. The molecule has 0 aromatic heterocycles. The van der Waals surface area contributed by atoms with E-state index in [-0.39, 0.29) is 12.1 Å². The van der Waals surface area contributed by atoms with E-state index in [1.807, 2.05) is 0 Å². The van der Waals surface area contributed by atoms with Crippen molar-refractivity contribution < 1.29 is 9.84 Å². The number of rotatable bonds is 7. The predicted molar refractivity (Wildman–Crippen MR) is 73.6 cm³/mol. The molecule has 2 unspecified atom stereocenters.